The van der Waals surface area contributed by atoms with Crippen molar-refractivity contribution in [1.29, 1.82) is 5.26 Å². The molecule has 160 valence electrons. The largest absolute Gasteiger partial charge is 0.316 e. The Balaban J connectivity index is 1.47. The normalized spacial score (nSPS) is 15.4. The van der Waals surface area contributed by atoms with Gasteiger partial charge in [-0.3, -0.25) is 4.79 Å². The second kappa shape index (κ2) is 9.43. The van der Waals surface area contributed by atoms with E-state index in [2.05, 4.69) is 28.5 Å². The van der Waals surface area contributed by atoms with E-state index in [0.717, 1.165) is 30.4 Å². The molecule has 0 bridgehead atoms. The maximum atomic E-state index is 12.6. The number of benzene rings is 1. The van der Waals surface area contributed by atoms with Gasteiger partial charge in [0.05, 0.1) is 16.3 Å². The molecule has 1 N–H and O–H groups in total. The highest BCUT2D eigenvalue weighted by Crippen LogP contribution is 2.39. The fourth-order valence-corrected chi connectivity index (χ4v) is 6.17. The first-order valence-corrected chi connectivity index (χ1v) is 12.3. The average molecular weight is 472 g/mol. The average Bonchev–Trinajstić information content (AvgIpc) is 3.32. The van der Waals surface area contributed by atoms with Gasteiger partial charge in [0.2, 0.25) is 5.91 Å². The van der Waals surface area contributed by atoms with Gasteiger partial charge in [0.25, 0.3) is 0 Å². The molecule has 9 heteroatoms. The lowest BCUT2D eigenvalue weighted by Crippen LogP contribution is -2.14. The number of thioether (sulfide) groups is 1. The summed E-state index contributed by atoms with van der Waals surface area (Å²) in [4.78, 5) is 13.9. The van der Waals surface area contributed by atoms with Gasteiger partial charge in [0, 0.05) is 17.0 Å². The van der Waals surface area contributed by atoms with E-state index in [-0.39, 0.29) is 11.7 Å². The first-order chi connectivity index (χ1) is 15.0. The van der Waals surface area contributed by atoms with Crippen molar-refractivity contribution in [2.24, 2.45) is 5.92 Å². The van der Waals surface area contributed by atoms with Crippen LogP contribution in [0.25, 0.3) is 11.4 Å². The van der Waals surface area contributed by atoms with E-state index in [1.165, 1.54) is 28.0 Å². The van der Waals surface area contributed by atoms with Crippen molar-refractivity contribution in [3.63, 3.8) is 0 Å². The van der Waals surface area contributed by atoms with Gasteiger partial charge < -0.3 is 9.88 Å². The molecule has 6 nitrogen and oxygen atoms in total. The first kappa shape index (κ1) is 21.9. The zero-order valence-electron chi connectivity index (χ0n) is 17.3. The molecule has 1 amide bonds. The molecule has 0 saturated heterocycles. The number of thiophene rings is 1. The van der Waals surface area contributed by atoms with E-state index < -0.39 is 0 Å². The van der Waals surface area contributed by atoms with E-state index >= 15 is 0 Å². The number of carbonyl (C=O) groups excluding carboxylic acids is 1. The molecule has 0 saturated carbocycles. The second-order valence-electron chi connectivity index (χ2n) is 7.53. The smallest absolute Gasteiger partial charge is 0.235 e. The van der Waals surface area contributed by atoms with Gasteiger partial charge in [0.1, 0.15) is 11.1 Å². The Morgan fingerprint density at radius 2 is 2.23 bits per heavy atom. The molecule has 1 unspecified atom stereocenters. The monoisotopic (exact) mass is 471 g/mol. The van der Waals surface area contributed by atoms with Gasteiger partial charge in [-0.15, -0.1) is 21.5 Å². The number of halogens is 1. The number of nitrogens with zero attached hydrogens (tertiary/aromatic N) is 4. The summed E-state index contributed by atoms with van der Waals surface area (Å²) in [6, 6.07) is 9.80. The zero-order valence-corrected chi connectivity index (χ0v) is 19.7. The Bertz CT molecular complexity index is 1160. The molecule has 31 heavy (non-hydrogen) atoms. The minimum atomic E-state index is -0.155. The highest BCUT2D eigenvalue weighted by Gasteiger charge is 2.25. The van der Waals surface area contributed by atoms with Crippen LogP contribution < -0.4 is 5.32 Å². The van der Waals surface area contributed by atoms with Gasteiger partial charge in [-0.2, -0.15) is 5.26 Å². The van der Waals surface area contributed by atoms with Crippen LogP contribution in [0, 0.1) is 17.2 Å². The van der Waals surface area contributed by atoms with Crippen LogP contribution in [0.2, 0.25) is 5.02 Å². The van der Waals surface area contributed by atoms with Gasteiger partial charge in [-0.1, -0.05) is 42.4 Å². The molecule has 1 aromatic carbocycles. The van der Waals surface area contributed by atoms with Crippen LogP contribution in [0.1, 0.15) is 36.3 Å². The third kappa shape index (κ3) is 4.49. The SMILES string of the molecule is CCn1c(SCC(=O)Nc2sc3c(c2C#N)CCC(C)C3)nnc1-c1ccccc1Cl. The molecule has 4 rings (SSSR count). The molecule has 1 aliphatic carbocycles. The summed E-state index contributed by atoms with van der Waals surface area (Å²) in [5.41, 5.74) is 2.55. The van der Waals surface area contributed by atoms with Crippen LogP contribution in [-0.2, 0) is 24.2 Å². The van der Waals surface area contributed by atoms with Crippen molar-refractivity contribution < 1.29 is 4.79 Å². The molecule has 0 fully saturated rings. The van der Waals surface area contributed by atoms with Crippen LogP contribution >= 0.6 is 34.7 Å². The number of carbonyl (C=O) groups is 1. The van der Waals surface area contributed by atoms with Crippen LogP contribution in [-0.4, -0.2) is 26.4 Å². The van der Waals surface area contributed by atoms with Crippen molar-refractivity contribution in [3.8, 4) is 17.5 Å². The fourth-order valence-electron chi connectivity index (χ4n) is 3.77. The van der Waals surface area contributed by atoms with Crippen LogP contribution in [0.15, 0.2) is 29.4 Å². The molecular formula is C22H22ClN5OS2. The van der Waals surface area contributed by atoms with E-state index in [4.69, 9.17) is 11.6 Å². The van der Waals surface area contributed by atoms with Crippen molar-refractivity contribution in [1.82, 2.24) is 14.8 Å². The molecule has 1 atom stereocenters. The maximum absolute atomic E-state index is 12.6. The predicted molar refractivity (Wildman–Crippen MR) is 126 cm³/mol. The predicted octanol–water partition coefficient (Wildman–Crippen LogP) is 5.41. The molecule has 1 aliphatic rings. The van der Waals surface area contributed by atoms with E-state index in [1.807, 2.05) is 35.8 Å². The number of hydrogen-bond acceptors (Lipinski definition) is 6. The molecule has 2 heterocycles. The second-order valence-corrected chi connectivity index (χ2v) is 9.99. The zero-order chi connectivity index (χ0) is 22.0. The highest BCUT2D eigenvalue weighted by molar-refractivity contribution is 7.99. The maximum Gasteiger partial charge on any atom is 0.235 e. The van der Waals surface area contributed by atoms with Gasteiger partial charge in [-0.05, 0) is 49.8 Å². The summed E-state index contributed by atoms with van der Waals surface area (Å²) in [7, 11) is 0. The lowest BCUT2D eigenvalue weighted by Gasteiger charge is -2.17. The summed E-state index contributed by atoms with van der Waals surface area (Å²) < 4.78 is 1.95. The standard InChI is InChI=1S/C22H22ClN5OS2/c1-3-28-20(15-6-4-5-7-17(15)23)26-27-22(28)30-12-19(29)25-21-16(11-24)14-9-8-13(2)10-18(14)31-21/h4-7,13H,3,8-10,12H2,1-2H3,(H,25,29). The van der Waals surface area contributed by atoms with Crippen LogP contribution in [0.4, 0.5) is 5.00 Å². The molecule has 0 aliphatic heterocycles. The van der Waals surface area contributed by atoms with Gasteiger partial charge in [0.15, 0.2) is 11.0 Å². The minimum Gasteiger partial charge on any atom is -0.316 e. The van der Waals surface area contributed by atoms with E-state index in [1.54, 1.807) is 0 Å². The van der Waals surface area contributed by atoms with Crippen molar-refractivity contribution in [3.05, 3.63) is 45.3 Å². The molecular weight excluding hydrogens is 450 g/mol. The van der Waals surface area contributed by atoms with Crippen LogP contribution in [0.3, 0.4) is 0 Å². The lowest BCUT2D eigenvalue weighted by molar-refractivity contribution is -0.113. The third-order valence-corrected chi connectivity index (χ3v) is 7.82. The van der Waals surface area contributed by atoms with Gasteiger partial charge >= 0.3 is 0 Å². The highest BCUT2D eigenvalue weighted by atomic mass is 35.5. The molecule has 2 aromatic heterocycles. The van der Waals surface area contributed by atoms with Crippen molar-refractivity contribution in [2.45, 2.75) is 44.8 Å². The minimum absolute atomic E-state index is 0.155. The first-order valence-electron chi connectivity index (χ1n) is 10.2. The Labute approximate surface area is 194 Å². The fraction of sp³-hybridized carbons (Fsp3) is 0.364. The number of aromatic nitrogens is 3. The number of rotatable bonds is 6. The summed E-state index contributed by atoms with van der Waals surface area (Å²) in [6.45, 7) is 4.89. The number of fused-ring (bicyclic) bond motifs is 1. The van der Waals surface area contributed by atoms with Gasteiger partial charge in [-0.25, -0.2) is 0 Å². The van der Waals surface area contributed by atoms with E-state index in [9.17, 15) is 10.1 Å². The number of nitrogens with one attached hydrogen (secondary N) is 1. The Morgan fingerprint density at radius 3 is 2.97 bits per heavy atom. The lowest BCUT2D eigenvalue weighted by atomic mass is 9.89. The molecule has 3 aromatic rings. The van der Waals surface area contributed by atoms with Crippen molar-refractivity contribution in [2.75, 3.05) is 11.1 Å². The summed E-state index contributed by atoms with van der Waals surface area (Å²) >= 11 is 9.18. The van der Waals surface area contributed by atoms with Crippen LogP contribution in [0.5, 0.6) is 0 Å². The number of amides is 1. The Morgan fingerprint density at radius 1 is 1.42 bits per heavy atom. The Hall–Kier alpha value is -2.34. The van der Waals surface area contributed by atoms with E-state index in [0.29, 0.717) is 39.0 Å². The summed E-state index contributed by atoms with van der Waals surface area (Å²) in [6.07, 6.45) is 2.97. The number of anilines is 1. The third-order valence-electron chi connectivity index (χ3n) is 5.36. The molecule has 0 spiro atoms. The summed E-state index contributed by atoms with van der Waals surface area (Å²) in [5, 5.41) is 23.1. The summed E-state index contributed by atoms with van der Waals surface area (Å²) in [5.74, 6) is 1.33. The quantitative estimate of drug-likeness (QED) is 0.486. The van der Waals surface area contributed by atoms with Crippen molar-refractivity contribution >= 4 is 45.6 Å². The number of hydrogen-bond donors (Lipinski definition) is 1. The topological polar surface area (TPSA) is 83.6 Å². The Kier molecular flexibility index (Phi) is 6.65. The number of nitriles is 1. The molecule has 0 radical (unpaired) electrons.